The van der Waals surface area contributed by atoms with Gasteiger partial charge in [0.25, 0.3) is 0 Å². The van der Waals surface area contributed by atoms with Crippen LogP contribution in [0.5, 0.6) is 0 Å². The number of nitrogens with one attached hydrogen (secondary N) is 1. The van der Waals surface area contributed by atoms with Gasteiger partial charge < -0.3 is 5.32 Å². The van der Waals surface area contributed by atoms with E-state index in [4.69, 9.17) is 0 Å². The molecule has 2 rings (SSSR count). The molecule has 6 heteroatoms. The molecule has 124 valence electrons. The first-order valence-electron chi connectivity index (χ1n) is 7.62. The van der Waals surface area contributed by atoms with Crippen LogP contribution in [0.3, 0.4) is 0 Å². The van der Waals surface area contributed by atoms with Gasteiger partial charge in [0.1, 0.15) is 22.5 Å². The van der Waals surface area contributed by atoms with Gasteiger partial charge in [0, 0.05) is 5.69 Å². The summed E-state index contributed by atoms with van der Waals surface area (Å²) in [7, 11) is 0. The number of thioether (sulfide) groups is 1. The van der Waals surface area contributed by atoms with Crippen molar-refractivity contribution in [2.24, 2.45) is 0 Å². The third kappa shape index (κ3) is 3.92. The summed E-state index contributed by atoms with van der Waals surface area (Å²) in [5, 5.41) is 12.4. The standard InChI is InChI=1S/C18H20N4OS/c1-10-7-6-8-11(2)16(10)22-17(23)13(4)24-18-15(9-19)12(3)20-14(5)21-18/h6-8,13H,1-5H3,(H,22,23). The lowest BCUT2D eigenvalue weighted by Gasteiger charge is -2.16. The van der Waals surface area contributed by atoms with Crippen molar-refractivity contribution in [3.63, 3.8) is 0 Å². The Morgan fingerprint density at radius 2 is 1.83 bits per heavy atom. The molecular weight excluding hydrogens is 320 g/mol. The third-order valence-electron chi connectivity index (χ3n) is 3.67. The van der Waals surface area contributed by atoms with Crippen LogP contribution in [0.2, 0.25) is 0 Å². The van der Waals surface area contributed by atoms with Crippen molar-refractivity contribution in [3.8, 4) is 6.07 Å². The first-order valence-corrected chi connectivity index (χ1v) is 8.50. The predicted octanol–water partition coefficient (Wildman–Crippen LogP) is 3.70. The van der Waals surface area contributed by atoms with Crippen LogP contribution in [0.1, 0.15) is 35.1 Å². The summed E-state index contributed by atoms with van der Waals surface area (Å²) in [5.41, 5.74) is 3.94. The molecule has 1 unspecified atom stereocenters. The zero-order chi connectivity index (χ0) is 17.9. The van der Waals surface area contributed by atoms with Crippen LogP contribution >= 0.6 is 11.8 Å². The van der Waals surface area contributed by atoms with Gasteiger partial charge in [-0.05, 0) is 45.7 Å². The minimum absolute atomic E-state index is 0.116. The number of benzene rings is 1. The van der Waals surface area contributed by atoms with Crippen molar-refractivity contribution >= 4 is 23.4 Å². The Kier molecular flexibility index (Phi) is 5.58. The van der Waals surface area contributed by atoms with Crippen LogP contribution in [-0.2, 0) is 4.79 Å². The van der Waals surface area contributed by atoms with E-state index in [1.807, 2.05) is 39.0 Å². The Morgan fingerprint density at radius 1 is 1.21 bits per heavy atom. The van der Waals surface area contributed by atoms with Gasteiger partial charge in [0.05, 0.1) is 10.9 Å². The number of carbonyl (C=O) groups excluding carboxylic acids is 1. The second-order valence-corrected chi connectivity index (χ2v) is 6.99. The van der Waals surface area contributed by atoms with Crippen molar-refractivity contribution in [1.29, 1.82) is 5.26 Å². The van der Waals surface area contributed by atoms with Crippen molar-refractivity contribution in [1.82, 2.24) is 9.97 Å². The largest absolute Gasteiger partial charge is 0.325 e. The number of hydrogen-bond acceptors (Lipinski definition) is 5. The summed E-state index contributed by atoms with van der Waals surface area (Å²) in [6, 6.07) is 8.02. The number of rotatable bonds is 4. The average molecular weight is 340 g/mol. The molecule has 0 saturated heterocycles. The number of carbonyl (C=O) groups is 1. The van der Waals surface area contributed by atoms with E-state index >= 15 is 0 Å². The molecule has 0 saturated carbocycles. The Balaban J connectivity index is 2.20. The highest BCUT2D eigenvalue weighted by Crippen LogP contribution is 2.28. The fourth-order valence-corrected chi connectivity index (χ4v) is 3.35. The first kappa shape index (κ1) is 18.0. The van der Waals surface area contributed by atoms with E-state index in [1.165, 1.54) is 11.8 Å². The molecule has 0 spiro atoms. The summed E-state index contributed by atoms with van der Waals surface area (Å²) in [5.74, 6) is 0.478. The predicted molar refractivity (Wildman–Crippen MR) is 96.1 cm³/mol. The van der Waals surface area contributed by atoms with E-state index in [0.717, 1.165) is 16.8 Å². The van der Waals surface area contributed by atoms with Gasteiger partial charge in [-0.2, -0.15) is 5.26 Å². The van der Waals surface area contributed by atoms with Gasteiger partial charge in [0.15, 0.2) is 0 Å². The average Bonchev–Trinajstić information content (AvgIpc) is 2.50. The molecule has 1 aromatic carbocycles. The summed E-state index contributed by atoms with van der Waals surface area (Å²) in [6.07, 6.45) is 0. The van der Waals surface area contributed by atoms with Gasteiger partial charge in [0.2, 0.25) is 5.91 Å². The minimum Gasteiger partial charge on any atom is -0.325 e. The van der Waals surface area contributed by atoms with Gasteiger partial charge in [-0.3, -0.25) is 4.79 Å². The summed E-state index contributed by atoms with van der Waals surface area (Å²) in [4.78, 5) is 21.1. The smallest absolute Gasteiger partial charge is 0.237 e. The SMILES string of the molecule is Cc1nc(C)c(C#N)c(SC(C)C(=O)Nc2c(C)cccc2C)n1. The fraction of sp³-hybridized carbons (Fsp3) is 0.333. The number of nitrogens with zero attached hydrogens (tertiary/aromatic N) is 3. The van der Waals surface area contributed by atoms with Crippen molar-refractivity contribution in [3.05, 3.63) is 46.4 Å². The van der Waals surface area contributed by atoms with E-state index in [1.54, 1.807) is 13.8 Å². The Morgan fingerprint density at radius 3 is 2.42 bits per heavy atom. The quantitative estimate of drug-likeness (QED) is 0.678. The normalized spacial score (nSPS) is 11.7. The molecule has 5 nitrogen and oxygen atoms in total. The minimum atomic E-state index is -0.384. The van der Waals surface area contributed by atoms with Crippen LogP contribution in [0.25, 0.3) is 0 Å². The molecular formula is C18H20N4OS. The molecule has 1 amide bonds. The maximum atomic E-state index is 12.5. The molecule has 1 N–H and O–H groups in total. The fourth-order valence-electron chi connectivity index (χ4n) is 2.35. The second kappa shape index (κ2) is 7.45. The number of nitriles is 1. The lowest BCUT2D eigenvalue weighted by molar-refractivity contribution is -0.115. The molecule has 0 fully saturated rings. The second-order valence-electron chi connectivity index (χ2n) is 5.66. The number of amides is 1. The van der Waals surface area contributed by atoms with E-state index in [0.29, 0.717) is 22.1 Å². The van der Waals surface area contributed by atoms with E-state index in [9.17, 15) is 10.1 Å². The monoisotopic (exact) mass is 340 g/mol. The Labute approximate surface area is 146 Å². The molecule has 1 aromatic heterocycles. The van der Waals surface area contributed by atoms with Crippen LogP contribution in [0, 0.1) is 39.0 Å². The van der Waals surface area contributed by atoms with Gasteiger partial charge in [-0.25, -0.2) is 9.97 Å². The summed E-state index contributed by atoms with van der Waals surface area (Å²) < 4.78 is 0. The number of hydrogen-bond donors (Lipinski definition) is 1. The van der Waals surface area contributed by atoms with Gasteiger partial charge >= 0.3 is 0 Å². The van der Waals surface area contributed by atoms with E-state index < -0.39 is 0 Å². The lowest BCUT2D eigenvalue weighted by atomic mass is 10.1. The molecule has 2 aromatic rings. The van der Waals surface area contributed by atoms with Crippen LogP contribution in [-0.4, -0.2) is 21.1 Å². The Hall–Kier alpha value is -2.39. The van der Waals surface area contributed by atoms with E-state index in [-0.39, 0.29) is 11.2 Å². The van der Waals surface area contributed by atoms with Crippen LogP contribution in [0.15, 0.2) is 23.2 Å². The summed E-state index contributed by atoms with van der Waals surface area (Å²) in [6.45, 7) is 9.29. The molecule has 0 aliphatic heterocycles. The molecule has 0 bridgehead atoms. The van der Waals surface area contributed by atoms with Crippen molar-refractivity contribution < 1.29 is 4.79 Å². The number of aryl methyl sites for hydroxylation is 4. The summed E-state index contributed by atoms with van der Waals surface area (Å²) >= 11 is 1.28. The van der Waals surface area contributed by atoms with Crippen LogP contribution in [0.4, 0.5) is 5.69 Å². The highest BCUT2D eigenvalue weighted by atomic mass is 32.2. The molecule has 0 radical (unpaired) electrons. The zero-order valence-electron chi connectivity index (χ0n) is 14.5. The molecule has 1 atom stereocenters. The van der Waals surface area contributed by atoms with Gasteiger partial charge in [-0.1, -0.05) is 30.0 Å². The highest BCUT2D eigenvalue weighted by molar-refractivity contribution is 8.00. The first-order chi connectivity index (χ1) is 11.3. The molecule has 0 aliphatic rings. The molecule has 1 heterocycles. The number of anilines is 1. The molecule has 24 heavy (non-hydrogen) atoms. The van der Waals surface area contributed by atoms with Gasteiger partial charge in [-0.15, -0.1) is 0 Å². The molecule has 0 aliphatic carbocycles. The lowest BCUT2D eigenvalue weighted by Crippen LogP contribution is -2.23. The van der Waals surface area contributed by atoms with Crippen molar-refractivity contribution in [2.75, 3.05) is 5.32 Å². The maximum Gasteiger partial charge on any atom is 0.237 e. The number of aromatic nitrogens is 2. The number of para-hydroxylation sites is 1. The topological polar surface area (TPSA) is 78.7 Å². The Bertz CT molecular complexity index is 806. The van der Waals surface area contributed by atoms with Crippen LogP contribution < -0.4 is 5.32 Å². The third-order valence-corrected chi connectivity index (χ3v) is 4.75. The maximum absolute atomic E-state index is 12.5. The zero-order valence-corrected chi connectivity index (χ0v) is 15.3. The van der Waals surface area contributed by atoms with Crippen molar-refractivity contribution in [2.45, 2.75) is 44.9 Å². The van der Waals surface area contributed by atoms with E-state index in [2.05, 4.69) is 21.4 Å². The highest BCUT2D eigenvalue weighted by Gasteiger charge is 2.20.